The highest BCUT2D eigenvalue weighted by Gasteiger charge is 2.35. The van der Waals surface area contributed by atoms with Crippen LogP contribution in [-0.2, 0) is 4.79 Å². The number of nitrogens with zero attached hydrogens (tertiary/aromatic N) is 4. The number of carbonyl (C=O) groups excluding carboxylic acids is 1. The zero-order valence-electron chi connectivity index (χ0n) is 19.8. The number of ketones is 1. The number of fused-ring (bicyclic) bond motifs is 1. The van der Waals surface area contributed by atoms with Gasteiger partial charge in [0.15, 0.2) is 17.6 Å². The molecule has 1 aliphatic rings. The van der Waals surface area contributed by atoms with Crippen LogP contribution in [0.25, 0.3) is 28.0 Å². The molecule has 1 unspecified atom stereocenters. The van der Waals surface area contributed by atoms with Crippen molar-refractivity contribution in [2.75, 3.05) is 5.73 Å². The first-order valence-electron chi connectivity index (χ1n) is 11.9. The number of hydrogen-bond acceptors (Lipinski definition) is 6. The fraction of sp³-hybridized carbons (Fsp3) is 0.296. The number of nitrogens with two attached hydrogens (primary N) is 1. The number of carboxylic acids is 1. The quantitative estimate of drug-likeness (QED) is 0.369. The Hall–Kier alpha value is -4.14. The minimum atomic E-state index is -1.88. The Morgan fingerprint density at radius 2 is 1.78 bits per heavy atom. The van der Waals surface area contributed by atoms with Gasteiger partial charge in [-0.05, 0) is 38.7 Å². The van der Waals surface area contributed by atoms with Crippen molar-refractivity contribution >= 4 is 23.2 Å². The van der Waals surface area contributed by atoms with Gasteiger partial charge in [0.05, 0.1) is 23.1 Å². The molecule has 1 aliphatic carbocycles. The molecule has 1 atom stereocenters. The van der Waals surface area contributed by atoms with E-state index in [-0.39, 0.29) is 17.5 Å². The van der Waals surface area contributed by atoms with Crippen LogP contribution in [0.15, 0.2) is 54.9 Å². The molecule has 3 aromatic heterocycles. The number of aromatic nitrogens is 4. The molecular formula is C27H26FN5O3. The second-order valence-corrected chi connectivity index (χ2v) is 9.26. The van der Waals surface area contributed by atoms with Gasteiger partial charge in [0.1, 0.15) is 5.82 Å². The predicted octanol–water partition coefficient (Wildman–Crippen LogP) is 4.94. The Bertz CT molecular complexity index is 1430. The molecule has 1 fully saturated rings. The number of benzene rings is 1. The summed E-state index contributed by atoms with van der Waals surface area (Å²) in [7, 11) is 0. The van der Waals surface area contributed by atoms with E-state index >= 15 is 0 Å². The van der Waals surface area contributed by atoms with Gasteiger partial charge in [0, 0.05) is 34.7 Å². The number of carboxylic acid groups (broad SMARTS) is 1. The van der Waals surface area contributed by atoms with Gasteiger partial charge in [-0.2, -0.15) is 9.61 Å². The van der Waals surface area contributed by atoms with E-state index in [1.54, 1.807) is 12.4 Å². The summed E-state index contributed by atoms with van der Waals surface area (Å²) < 4.78 is 15.5. The van der Waals surface area contributed by atoms with Gasteiger partial charge >= 0.3 is 5.97 Å². The van der Waals surface area contributed by atoms with Crippen molar-refractivity contribution in [3.8, 4) is 22.4 Å². The number of anilines is 1. The summed E-state index contributed by atoms with van der Waals surface area (Å²) in [4.78, 5) is 33.1. The lowest BCUT2D eigenvalue weighted by atomic mass is 9.77. The van der Waals surface area contributed by atoms with Crippen molar-refractivity contribution in [1.82, 2.24) is 19.6 Å². The van der Waals surface area contributed by atoms with Crippen LogP contribution in [0.5, 0.6) is 0 Å². The molecular weight excluding hydrogens is 461 g/mol. The van der Waals surface area contributed by atoms with Gasteiger partial charge < -0.3 is 10.8 Å². The Kier molecular flexibility index (Phi) is 6.22. The zero-order valence-corrected chi connectivity index (χ0v) is 19.8. The molecule has 1 saturated carbocycles. The van der Waals surface area contributed by atoms with E-state index in [9.17, 15) is 14.0 Å². The van der Waals surface area contributed by atoms with Gasteiger partial charge in [-0.25, -0.2) is 14.2 Å². The zero-order chi connectivity index (χ0) is 25.4. The van der Waals surface area contributed by atoms with Crippen molar-refractivity contribution in [3.05, 3.63) is 66.1 Å². The summed E-state index contributed by atoms with van der Waals surface area (Å²) in [6.07, 6.45) is 3.39. The number of halogens is 1. The fourth-order valence-corrected chi connectivity index (χ4v) is 5.11. The van der Waals surface area contributed by atoms with Crippen molar-refractivity contribution in [3.63, 3.8) is 0 Å². The molecule has 3 N–H and O–H groups in total. The third kappa shape index (κ3) is 4.21. The summed E-state index contributed by atoms with van der Waals surface area (Å²) in [6, 6.07) is 13.7. The molecule has 9 heteroatoms. The summed E-state index contributed by atoms with van der Waals surface area (Å²) >= 11 is 0. The van der Waals surface area contributed by atoms with Gasteiger partial charge in [-0.15, -0.1) is 0 Å². The Balaban J connectivity index is 1.52. The number of carbonyl (C=O) groups is 2. The molecule has 8 nitrogen and oxygen atoms in total. The molecule has 0 spiro atoms. The summed E-state index contributed by atoms with van der Waals surface area (Å²) in [5, 5.41) is 13.4. The maximum atomic E-state index is 14.0. The topological polar surface area (TPSA) is 123 Å². The lowest BCUT2D eigenvalue weighted by molar-refractivity contribution is -0.145. The Labute approximate surface area is 207 Å². The van der Waals surface area contributed by atoms with Crippen LogP contribution in [0, 0.1) is 5.92 Å². The minimum absolute atomic E-state index is 0.130. The monoisotopic (exact) mass is 487 g/mol. The maximum Gasteiger partial charge on any atom is 0.338 e. The lowest BCUT2D eigenvalue weighted by Gasteiger charge is -2.29. The number of alkyl halides is 1. The summed E-state index contributed by atoms with van der Waals surface area (Å²) in [5.74, 6) is -2.12. The lowest BCUT2D eigenvalue weighted by Crippen LogP contribution is -2.29. The van der Waals surface area contributed by atoms with E-state index in [2.05, 4.69) is 10.1 Å². The first-order chi connectivity index (χ1) is 17.3. The third-order valence-corrected chi connectivity index (χ3v) is 7.02. The highest BCUT2D eigenvalue weighted by atomic mass is 19.1. The minimum Gasteiger partial charge on any atom is -0.479 e. The number of hydrogen-bond donors (Lipinski definition) is 2. The molecule has 0 amide bonds. The first-order valence-corrected chi connectivity index (χ1v) is 11.9. The highest BCUT2D eigenvalue weighted by molar-refractivity contribution is 6.00. The SMILES string of the molecule is CC(=O)c1c(C2CCC(C(F)C(=O)O)CC2)nc2c(-c3ccc(-c4ccccc4)nc3)cnn2c1N. The first kappa shape index (κ1) is 23.6. The molecule has 3 heterocycles. The van der Waals surface area contributed by atoms with Crippen LogP contribution in [0.2, 0.25) is 0 Å². The van der Waals surface area contributed by atoms with E-state index in [0.717, 1.165) is 22.4 Å². The predicted molar refractivity (Wildman–Crippen MR) is 133 cm³/mol. The van der Waals surface area contributed by atoms with Crippen molar-refractivity contribution < 1.29 is 19.1 Å². The molecule has 1 aromatic carbocycles. The fourth-order valence-electron chi connectivity index (χ4n) is 5.11. The van der Waals surface area contributed by atoms with Crippen molar-refractivity contribution in [1.29, 1.82) is 0 Å². The van der Waals surface area contributed by atoms with Gasteiger partial charge in [-0.3, -0.25) is 9.78 Å². The van der Waals surface area contributed by atoms with Crippen molar-refractivity contribution in [2.24, 2.45) is 5.92 Å². The van der Waals surface area contributed by atoms with Crippen LogP contribution >= 0.6 is 0 Å². The average molecular weight is 488 g/mol. The van der Waals surface area contributed by atoms with Gasteiger partial charge in [0.2, 0.25) is 0 Å². The standard InChI is InChI=1S/C27H26FN5O3/c1-15(34)22-24(18-9-7-17(8-10-18)23(28)27(35)36)32-26-20(14-31-33(26)25(22)29)19-11-12-21(30-13-19)16-5-3-2-4-6-16/h2-6,11-14,17-18,23H,7-10,29H2,1H3,(H,35,36). The summed E-state index contributed by atoms with van der Waals surface area (Å²) in [6.45, 7) is 1.44. The number of nitrogen functional groups attached to an aromatic ring is 1. The molecule has 0 radical (unpaired) electrons. The smallest absolute Gasteiger partial charge is 0.338 e. The number of aliphatic carboxylic acids is 1. The van der Waals surface area contributed by atoms with Crippen LogP contribution < -0.4 is 5.73 Å². The molecule has 36 heavy (non-hydrogen) atoms. The van der Waals surface area contributed by atoms with E-state index in [1.807, 2.05) is 42.5 Å². The average Bonchev–Trinajstić information content (AvgIpc) is 3.33. The summed E-state index contributed by atoms with van der Waals surface area (Å²) in [5.41, 5.74) is 11.2. The molecule has 5 rings (SSSR count). The molecule has 184 valence electrons. The van der Waals surface area contributed by atoms with E-state index < -0.39 is 18.1 Å². The third-order valence-electron chi connectivity index (χ3n) is 7.02. The van der Waals surface area contributed by atoms with Crippen molar-refractivity contribution in [2.45, 2.75) is 44.7 Å². The van der Waals surface area contributed by atoms with E-state index in [0.29, 0.717) is 42.6 Å². The highest BCUT2D eigenvalue weighted by Crippen LogP contribution is 2.40. The second kappa shape index (κ2) is 9.49. The molecule has 4 aromatic rings. The Morgan fingerprint density at radius 3 is 2.39 bits per heavy atom. The van der Waals surface area contributed by atoms with Crippen LogP contribution in [0.4, 0.5) is 10.2 Å². The van der Waals surface area contributed by atoms with E-state index in [4.69, 9.17) is 15.8 Å². The molecule has 0 saturated heterocycles. The Morgan fingerprint density at radius 1 is 1.06 bits per heavy atom. The van der Waals surface area contributed by atoms with E-state index in [1.165, 1.54) is 11.4 Å². The van der Waals surface area contributed by atoms with Crippen LogP contribution in [0.3, 0.4) is 0 Å². The van der Waals surface area contributed by atoms with Gasteiger partial charge in [-0.1, -0.05) is 36.4 Å². The van der Waals surface area contributed by atoms with Gasteiger partial charge in [0.25, 0.3) is 0 Å². The normalized spacial score (nSPS) is 18.7. The molecule has 0 aliphatic heterocycles. The largest absolute Gasteiger partial charge is 0.479 e. The van der Waals surface area contributed by atoms with Crippen LogP contribution in [0.1, 0.15) is 54.6 Å². The maximum absolute atomic E-state index is 14.0. The van der Waals surface area contributed by atoms with Crippen LogP contribution in [-0.4, -0.2) is 42.6 Å². The molecule has 0 bridgehead atoms. The second-order valence-electron chi connectivity index (χ2n) is 9.26. The number of rotatable bonds is 6. The number of pyridine rings is 1. The number of Topliss-reactive ketones (excluding diaryl/α,β-unsaturated/α-hetero) is 1.